The van der Waals surface area contributed by atoms with Crippen molar-refractivity contribution in [3.63, 3.8) is 0 Å². The number of para-hydroxylation sites is 1. The molecule has 0 aliphatic rings. The van der Waals surface area contributed by atoms with Crippen LogP contribution in [0.1, 0.15) is 15.9 Å². The predicted molar refractivity (Wildman–Crippen MR) is 76.2 cm³/mol. The number of nitrogens with one attached hydrogen (secondary N) is 1. The number of benzene rings is 2. The van der Waals surface area contributed by atoms with Crippen LogP contribution in [0.3, 0.4) is 0 Å². The molecule has 0 spiro atoms. The third-order valence-corrected chi connectivity index (χ3v) is 3.06. The second kappa shape index (κ2) is 6.18. The first-order valence-corrected chi connectivity index (χ1v) is 6.58. The number of hydrogen-bond donors (Lipinski definition) is 1. The van der Waals surface area contributed by atoms with Crippen LogP contribution in [0, 0.1) is 0 Å². The zero-order chi connectivity index (χ0) is 15.5. The van der Waals surface area contributed by atoms with Crippen molar-refractivity contribution in [1.29, 1.82) is 0 Å². The largest absolute Gasteiger partial charge is 0.416 e. The van der Waals surface area contributed by atoms with Gasteiger partial charge in [0.15, 0.2) is 5.78 Å². The first-order valence-electron chi connectivity index (χ1n) is 6.04. The van der Waals surface area contributed by atoms with Crippen molar-refractivity contribution >= 4 is 28.8 Å². The number of hydrogen-bond acceptors (Lipinski definition) is 2. The van der Waals surface area contributed by atoms with Crippen LogP contribution in [0.5, 0.6) is 0 Å². The summed E-state index contributed by atoms with van der Waals surface area (Å²) in [6.07, 6.45) is -4.41. The van der Waals surface area contributed by atoms with Crippen molar-refractivity contribution in [2.24, 2.45) is 0 Å². The summed E-state index contributed by atoms with van der Waals surface area (Å²) in [5, 5.41) is 2.82. The topological polar surface area (TPSA) is 29.1 Å². The molecule has 0 bridgehead atoms. The van der Waals surface area contributed by atoms with Crippen molar-refractivity contribution in [3.8, 4) is 0 Å². The number of Topliss-reactive ketones (excluding diaryl/α,β-unsaturated/α-hetero) is 1. The molecular formula is C15H11ClF3NO. The zero-order valence-electron chi connectivity index (χ0n) is 10.7. The molecule has 2 nitrogen and oxygen atoms in total. The second-order valence-corrected chi connectivity index (χ2v) is 4.57. The summed E-state index contributed by atoms with van der Waals surface area (Å²) in [6.45, 7) is 0. The van der Waals surface area contributed by atoms with Crippen molar-refractivity contribution < 1.29 is 18.0 Å². The minimum absolute atomic E-state index is 0.193. The summed E-state index contributed by atoms with van der Waals surface area (Å²) in [7, 11) is 0. The van der Waals surface area contributed by atoms with Crippen LogP contribution in [0.25, 0.3) is 0 Å². The van der Waals surface area contributed by atoms with Gasteiger partial charge in [-0.25, -0.2) is 0 Å². The Morgan fingerprint density at radius 1 is 1.10 bits per heavy atom. The molecule has 2 aromatic rings. The summed E-state index contributed by atoms with van der Waals surface area (Å²) in [5.41, 5.74) is 0.251. The molecule has 0 amide bonds. The highest BCUT2D eigenvalue weighted by atomic mass is 35.5. The molecule has 110 valence electrons. The normalized spacial score (nSPS) is 11.2. The maximum atomic E-state index is 12.7. The summed E-state index contributed by atoms with van der Waals surface area (Å²) in [5.74, 6) is -0.492. The first-order chi connectivity index (χ1) is 9.91. The number of anilines is 2. The number of rotatable bonds is 4. The number of alkyl halides is 4. The maximum absolute atomic E-state index is 12.7. The molecule has 0 radical (unpaired) electrons. The molecule has 0 aliphatic carbocycles. The standard InChI is InChI=1S/C15H11ClF3NO/c16-9-14(21)12-6-1-2-7-13(12)20-11-5-3-4-10(8-11)15(17,18)19/h1-8,20H,9H2. The monoisotopic (exact) mass is 313 g/mol. The third-order valence-electron chi connectivity index (χ3n) is 2.82. The Hall–Kier alpha value is -2.01. The summed E-state index contributed by atoms with van der Waals surface area (Å²) in [4.78, 5) is 11.7. The first kappa shape index (κ1) is 15.4. The van der Waals surface area contributed by atoms with Gasteiger partial charge in [-0.2, -0.15) is 13.2 Å². The van der Waals surface area contributed by atoms with Crippen molar-refractivity contribution in [2.45, 2.75) is 6.18 Å². The van der Waals surface area contributed by atoms with Gasteiger partial charge in [0.1, 0.15) is 0 Å². The van der Waals surface area contributed by atoms with Gasteiger partial charge in [0.05, 0.1) is 11.4 Å². The van der Waals surface area contributed by atoms with Crippen molar-refractivity contribution in [2.75, 3.05) is 11.2 Å². The van der Waals surface area contributed by atoms with Crippen LogP contribution in [-0.2, 0) is 6.18 Å². The van der Waals surface area contributed by atoms with E-state index in [1.807, 2.05) is 0 Å². The Balaban J connectivity index is 2.33. The van der Waals surface area contributed by atoms with E-state index in [1.165, 1.54) is 12.1 Å². The Bertz CT molecular complexity index is 655. The fourth-order valence-electron chi connectivity index (χ4n) is 1.84. The molecule has 2 rings (SSSR count). The minimum Gasteiger partial charge on any atom is -0.355 e. The molecule has 1 N–H and O–H groups in total. The molecule has 0 aromatic heterocycles. The van der Waals surface area contributed by atoms with E-state index in [1.54, 1.807) is 24.3 Å². The van der Waals surface area contributed by atoms with E-state index in [0.29, 0.717) is 11.3 Å². The molecule has 21 heavy (non-hydrogen) atoms. The van der Waals surface area contributed by atoms with Gasteiger partial charge in [-0.15, -0.1) is 11.6 Å². The number of carbonyl (C=O) groups excluding carboxylic acids is 1. The Labute approximate surface area is 124 Å². The van der Waals surface area contributed by atoms with Crippen LogP contribution >= 0.6 is 11.6 Å². The highest BCUT2D eigenvalue weighted by Crippen LogP contribution is 2.31. The molecule has 0 fully saturated rings. The highest BCUT2D eigenvalue weighted by Gasteiger charge is 2.30. The van der Waals surface area contributed by atoms with E-state index in [9.17, 15) is 18.0 Å². The maximum Gasteiger partial charge on any atom is 0.416 e. The Morgan fingerprint density at radius 3 is 2.48 bits per heavy atom. The van der Waals surface area contributed by atoms with E-state index >= 15 is 0 Å². The molecule has 0 saturated heterocycles. The quantitative estimate of drug-likeness (QED) is 0.644. The molecule has 0 aliphatic heterocycles. The fraction of sp³-hybridized carbons (Fsp3) is 0.133. The van der Waals surface area contributed by atoms with Gasteiger partial charge in [0.25, 0.3) is 0 Å². The number of carbonyl (C=O) groups is 1. The Morgan fingerprint density at radius 2 is 1.81 bits per heavy atom. The SMILES string of the molecule is O=C(CCl)c1ccccc1Nc1cccc(C(F)(F)F)c1. The van der Waals surface area contributed by atoms with Gasteiger partial charge in [-0.1, -0.05) is 18.2 Å². The summed E-state index contributed by atoms with van der Waals surface area (Å²) in [6, 6.07) is 11.3. The van der Waals surface area contributed by atoms with Crippen molar-refractivity contribution in [3.05, 3.63) is 59.7 Å². The highest BCUT2D eigenvalue weighted by molar-refractivity contribution is 6.31. The second-order valence-electron chi connectivity index (χ2n) is 4.31. The fourth-order valence-corrected chi connectivity index (χ4v) is 1.98. The Kier molecular flexibility index (Phi) is 4.53. The number of ketones is 1. The van der Waals surface area contributed by atoms with Crippen LogP contribution < -0.4 is 5.32 Å². The molecule has 0 heterocycles. The molecule has 2 aromatic carbocycles. The lowest BCUT2D eigenvalue weighted by molar-refractivity contribution is -0.137. The summed E-state index contributed by atoms with van der Waals surface area (Å²) < 4.78 is 38.0. The number of halogens is 4. The van der Waals surface area contributed by atoms with Crippen molar-refractivity contribution in [1.82, 2.24) is 0 Å². The zero-order valence-corrected chi connectivity index (χ0v) is 11.5. The van der Waals surface area contributed by atoms with Gasteiger partial charge in [0, 0.05) is 16.9 Å². The van der Waals surface area contributed by atoms with Crippen LogP contribution in [0.15, 0.2) is 48.5 Å². The van der Waals surface area contributed by atoms with E-state index < -0.39 is 11.7 Å². The summed E-state index contributed by atoms with van der Waals surface area (Å²) >= 11 is 5.52. The average molecular weight is 314 g/mol. The van der Waals surface area contributed by atoms with E-state index in [0.717, 1.165) is 12.1 Å². The van der Waals surface area contributed by atoms with Gasteiger partial charge >= 0.3 is 6.18 Å². The molecule has 0 unspecified atom stereocenters. The lowest BCUT2D eigenvalue weighted by Crippen LogP contribution is -2.07. The molecule has 0 atom stereocenters. The van der Waals surface area contributed by atoms with Crippen LogP contribution in [0.4, 0.5) is 24.5 Å². The molecular weight excluding hydrogens is 303 g/mol. The third kappa shape index (κ3) is 3.76. The average Bonchev–Trinajstić information content (AvgIpc) is 2.46. The smallest absolute Gasteiger partial charge is 0.355 e. The van der Waals surface area contributed by atoms with Crippen LogP contribution in [0.2, 0.25) is 0 Å². The molecule has 0 saturated carbocycles. The van der Waals surface area contributed by atoms with E-state index in [-0.39, 0.29) is 17.4 Å². The van der Waals surface area contributed by atoms with Gasteiger partial charge in [-0.05, 0) is 30.3 Å². The molecule has 6 heteroatoms. The lowest BCUT2D eigenvalue weighted by atomic mass is 10.1. The minimum atomic E-state index is -4.41. The van der Waals surface area contributed by atoms with Gasteiger partial charge in [-0.3, -0.25) is 4.79 Å². The lowest BCUT2D eigenvalue weighted by Gasteiger charge is -2.13. The van der Waals surface area contributed by atoms with Gasteiger partial charge < -0.3 is 5.32 Å². The van der Waals surface area contributed by atoms with Gasteiger partial charge in [0.2, 0.25) is 0 Å². The van der Waals surface area contributed by atoms with E-state index in [2.05, 4.69) is 5.32 Å². The van der Waals surface area contributed by atoms with E-state index in [4.69, 9.17) is 11.6 Å². The predicted octanol–water partition coefficient (Wildman–Crippen LogP) is 4.87. The van der Waals surface area contributed by atoms with Crippen LogP contribution in [-0.4, -0.2) is 11.7 Å².